The number of allylic oxidation sites excluding steroid dienone is 1. The largest absolute Gasteiger partial charge is 0.342 e. The first-order chi connectivity index (χ1) is 10.3. The van der Waals surface area contributed by atoms with E-state index in [0.717, 1.165) is 23.3 Å². The number of aromatic nitrogens is 4. The summed E-state index contributed by atoms with van der Waals surface area (Å²) in [5, 5.41) is 4.03. The van der Waals surface area contributed by atoms with Crippen molar-refractivity contribution in [3.05, 3.63) is 54.0 Å². The van der Waals surface area contributed by atoms with Gasteiger partial charge in [0.25, 0.3) is 0 Å². The number of imidazole rings is 1. The fourth-order valence-corrected chi connectivity index (χ4v) is 2.64. The molecule has 106 valence electrons. The zero-order valence-corrected chi connectivity index (χ0v) is 11.4. The van der Waals surface area contributed by atoms with Crippen LogP contribution in [0.1, 0.15) is 29.9 Å². The van der Waals surface area contributed by atoms with Crippen LogP contribution in [-0.4, -0.2) is 26.2 Å². The lowest BCUT2D eigenvalue weighted by molar-refractivity contribution is 0.360. The minimum Gasteiger partial charge on any atom is -0.342 e. The normalized spacial score (nSPS) is 21.4. The van der Waals surface area contributed by atoms with E-state index in [1.165, 1.54) is 0 Å². The summed E-state index contributed by atoms with van der Waals surface area (Å²) in [5.74, 6) is 2.24. The Morgan fingerprint density at radius 2 is 2.14 bits per heavy atom. The van der Waals surface area contributed by atoms with E-state index >= 15 is 0 Å². The number of aromatic amines is 1. The third-order valence-electron chi connectivity index (χ3n) is 3.68. The van der Waals surface area contributed by atoms with E-state index in [1.54, 1.807) is 0 Å². The lowest BCUT2D eigenvalue weighted by Crippen LogP contribution is -2.14. The summed E-state index contributed by atoms with van der Waals surface area (Å²) in [6, 6.07) is 8.00. The maximum absolute atomic E-state index is 5.84. The number of hydrogen-bond acceptors (Lipinski definition) is 5. The van der Waals surface area contributed by atoms with Gasteiger partial charge in [-0.2, -0.15) is 4.98 Å². The second-order valence-electron chi connectivity index (χ2n) is 5.32. The highest BCUT2D eigenvalue weighted by molar-refractivity contribution is 5.74. The van der Waals surface area contributed by atoms with Crippen molar-refractivity contribution in [2.75, 3.05) is 0 Å². The number of nitrogens with one attached hydrogen (secondary N) is 1. The van der Waals surface area contributed by atoms with Gasteiger partial charge in [-0.25, -0.2) is 4.98 Å². The second-order valence-corrected chi connectivity index (χ2v) is 5.32. The lowest BCUT2D eigenvalue weighted by atomic mass is 10.1. The predicted octanol–water partition coefficient (Wildman–Crippen LogP) is 1.91. The summed E-state index contributed by atoms with van der Waals surface area (Å²) in [7, 11) is 0. The van der Waals surface area contributed by atoms with Crippen LogP contribution in [0.5, 0.6) is 0 Å². The van der Waals surface area contributed by atoms with Crippen LogP contribution in [0.3, 0.4) is 0 Å². The maximum Gasteiger partial charge on any atom is 0.233 e. The Balaban J connectivity index is 1.54. The Kier molecular flexibility index (Phi) is 2.82. The number of H-pyrrole nitrogens is 1. The van der Waals surface area contributed by atoms with Gasteiger partial charge in [0.2, 0.25) is 5.89 Å². The van der Waals surface area contributed by atoms with Gasteiger partial charge in [-0.15, -0.1) is 0 Å². The van der Waals surface area contributed by atoms with Gasteiger partial charge in [0.1, 0.15) is 5.82 Å². The number of nitrogens with zero attached hydrogens (tertiary/aromatic N) is 3. The molecular formula is C15H15N5O. The van der Waals surface area contributed by atoms with E-state index in [2.05, 4.69) is 20.1 Å². The Morgan fingerprint density at radius 1 is 1.24 bits per heavy atom. The molecule has 1 aliphatic rings. The molecule has 2 aromatic heterocycles. The molecule has 1 aromatic carbocycles. The molecule has 2 unspecified atom stereocenters. The van der Waals surface area contributed by atoms with Crippen LogP contribution >= 0.6 is 0 Å². The minimum absolute atomic E-state index is 0.0840. The molecule has 4 rings (SSSR count). The second kappa shape index (κ2) is 4.82. The van der Waals surface area contributed by atoms with Gasteiger partial charge >= 0.3 is 0 Å². The molecule has 3 aromatic rings. The molecular weight excluding hydrogens is 266 g/mol. The maximum atomic E-state index is 5.84. The van der Waals surface area contributed by atoms with E-state index in [1.807, 2.05) is 36.4 Å². The smallest absolute Gasteiger partial charge is 0.233 e. The zero-order chi connectivity index (χ0) is 14.2. The van der Waals surface area contributed by atoms with Crippen LogP contribution in [0.25, 0.3) is 11.0 Å². The van der Waals surface area contributed by atoms with E-state index in [9.17, 15) is 0 Å². The van der Waals surface area contributed by atoms with Crippen molar-refractivity contribution in [2.45, 2.75) is 24.8 Å². The van der Waals surface area contributed by atoms with Crippen LogP contribution in [-0.2, 0) is 6.42 Å². The Morgan fingerprint density at radius 3 is 2.95 bits per heavy atom. The molecule has 1 aliphatic carbocycles. The summed E-state index contributed by atoms with van der Waals surface area (Å²) >= 11 is 0. The van der Waals surface area contributed by atoms with E-state index in [4.69, 9.17) is 10.3 Å². The van der Waals surface area contributed by atoms with Crippen LogP contribution in [0.2, 0.25) is 0 Å². The van der Waals surface area contributed by atoms with Gasteiger partial charge in [0.05, 0.1) is 23.4 Å². The van der Waals surface area contributed by atoms with Crippen molar-refractivity contribution < 1.29 is 4.52 Å². The quantitative estimate of drug-likeness (QED) is 0.715. The van der Waals surface area contributed by atoms with Crippen LogP contribution < -0.4 is 5.73 Å². The van der Waals surface area contributed by atoms with E-state index in [-0.39, 0.29) is 12.0 Å². The number of para-hydroxylation sites is 2. The Bertz CT molecular complexity index is 770. The first-order valence-electron chi connectivity index (χ1n) is 6.98. The highest BCUT2D eigenvalue weighted by atomic mass is 16.5. The molecule has 2 heterocycles. The van der Waals surface area contributed by atoms with Crippen molar-refractivity contribution in [1.82, 2.24) is 20.1 Å². The molecule has 0 bridgehead atoms. The summed E-state index contributed by atoms with van der Waals surface area (Å²) in [6.07, 6.45) is 5.36. The first-order valence-corrected chi connectivity index (χ1v) is 6.98. The number of hydrogen-bond donors (Lipinski definition) is 2. The molecule has 0 saturated heterocycles. The molecule has 0 aliphatic heterocycles. The van der Waals surface area contributed by atoms with Gasteiger partial charge in [0, 0.05) is 6.04 Å². The van der Waals surface area contributed by atoms with Crippen molar-refractivity contribution in [1.29, 1.82) is 0 Å². The molecule has 3 N–H and O–H groups in total. The lowest BCUT2D eigenvalue weighted by Gasteiger charge is -2.01. The first kappa shape index (κ1) is 12.3. The van der Waals surface area contributed by atoms with Gasteiger partial charge < -0.3 is 15.2 Å². The fraction of sp³-hybridized carbons (Fsp3) is 0.267. The van der Waals surface area contributed by atoms with Crippen molar-refractivity contribution in [3.63, 3.8) is 0 Å². The minimum atomic E-state index is 0.0840. The standard InChI is InChI=1S/C15H15N5O/c16-10-6-5-9(7-10)15-19-14(20-21-15)8-13-17-11-3-1-2-4-12(11)18-13/h1-6,9-10H,7-8,16H2,(H,17,18). The van der Waals surface area contributed by atoms with Gasteiger partial charge in [0.15, 0.2) is 5.82 Å². The third-order valence-corrected chi connectivity index (χ3v) is 3.68. The molecule has 0 spiro atoms. The Labute approximate surface area is 121 Å². The number of nitrogens with two attached hydrogens (primary N) is 1. The molecule has 0 saturated carbocycles. The van der Waals surface area contributed by atoms with Crippen LogP contribution in [0.15, 0.2) is 40.9 Å². The molecule has 21 heavy (non-hydrogen) atoms. The molecule has 2 atom stereocenters. The summed E-state index contributed by atoms with van der Waals surface area (Å²) in [4.78, 5) is 12.2. The van der Waals surface area contributed by atoms with Crippen molar-refractivity contribution >= 4 is 11.0 Å². The number of benzene rings is 1. The number of fused-ring (bicyclic) bond motifs is 1. The zero-order valence-electron chi connectivity index (χ0n) is 11.4. The molecule has 0 amide bonds. The molecule has 0 fully saturated rings. The van der Waals surface area contributed by atoms with E-state index < -0.39 is 0 Å². The van der Waals surface area contributed by atoms with Crippen LogP contribution in [0, 0.1) is 0 Å². The highest BCUT2D eigenvalue weighted by Crippen LogP contribution is 2.26. The SMILES string of the molecule is NC1C=CC(c2nc(Cc3nc4ccccc4[nH]3)no2)C1. The number of rotatable bonds is 3. The molecule has 6 heteroatoms. The fourth-order valence-electron chi connectivity index (χ4n) is 2.64. The summed E-state index contributed by atoms with van der Waals surface area (Å²) in [5.41, 5.74) is 7.80. The van der Waals surface area contributed by atoms with Gasteiger partial charge in [-0.1, -0.05) is 29.4 Å². The summed E-state index contributed by atoms with van der Waals surface area (Å²) < 4.78 is 5.33. The highest BCUT2D eigenvalue weighted by Gasteiger charge is 2.23. The average molecular weight is 281 g/mol. The summed E-state index contributed by atoms with van der Waals surface area (Å²) in [6.45, 7) is 0. The van der Waals surface area contributed by atoms with Gasteiger partial charge in [-0.3, -0.25) is 0 Å². The topological polar surface area (TPSA) is 93.6 Å². The van der Waals surface area contributed by atoms with Crippen molar-refractivity contribution in [2.24, 2.45) is 5.73 Å². The monoisotopic (exact) mass is 281 g/mol. The van der Waals surface area contributed by atoms with Crippen molar-refractivity contribution in [3.8, 4) is 0 Å². The van der Waals surface area contributed by atoms with Gasteiger partial charge in [-0.05, 0) is 18.6 Å². The molecule has 0 radical (unpaired) electrons. The van der Waals surface area contributed by atoms with E-state index in [0.29, 0.717) is 18.1 Å². The molecule has 6 nitrogen and oxygen atoms in total. The third kappa shape index (κ3) is 2.34. The average Bonchev–Trinajstić information content (AvgIpc) is 3.17. The predicted molar refractivity (Wildman–Crippen MR) is 77.7 cm³/mol. The van der Waals surface area contributed by atoms with Crippen LogP contribution in [0.4, 0.5) is 0 Å². The Hall–Kier alpha value is -2.47.